The summed E-state index contributed by atoms with van der Waals surface area (Å²) in [5, 5.41) is 1.12. The third kappa shape index (κ3) is 2.18. The third-order valence-corrected chi connectivity index (χ3v) is 3.26. The number of hydrogen-bond acceptors (Lipinski definition) is 2. The molecule has 14 heavy (non-hydrogen) atoms. The summed E-state index contributed by atoms with van der Waals surface area (Å²) in [6, 6.07) is 4.45. The molecule has 0 aliphatic carbocycles. The fourth-order valence-corrected chi connectivity index (χ4v) is 2.14. The smallest absolute Gasteiger partial charge is 0.0973 e. The largest absolute Gasteiger partial charge is 0.281 e. The Kier molecular flexibility index (Phi) is 3.76. The zero-order valence-electron chi connectivity index (χ0n) is 9.51. The molecule has 1 aromatic carbocycles. The van der Waals surface area contributed by atoms with E-state index in [1.165, 1.54) is 22.3 Å². The molecule has 0 heterocycles. The average molecular weight is 207 g/mol. The van der Waals surface area contributed by atoms with E-state index in [0.717, 1.165) is 5.04 Å². The minimum Gasteiger partial charge on any atom is -0.281 e. The van der Waals surface area contributed by atoms with Gasteiger partial charge in [-0.05, 0) is 49.8 Å². The molecule has 1 nitrogen and oxygen atoms in total. The normalized spacial score (nSPS) is 11.9. The molecule has 0 atom stereocenters. The lowest BCUT2D eigenvalue weighted by Crippen LogP contribution is -2.00. The van der Waals surface area contributed by atoms with Crippen molar-refractivity contribution in [3.05, 3.63) is 34.4 Å². The Morgan fingerprint density at radius 2 is 1.64 bits per heavy atom. The van der Waals surface area contributed by atoms with E-state index in [2.05, 4.69) is 44.2 Å². The molecule has 0 aromatic heterocycles. The average Bonchev–Trinajstić information content (AvgIpc) is 2.15. The highest BCUT2D eigenvalue weighted by Crippen LogP contribution is 2.19. The summed E-state index contributed by atoms with van der Waals surface area (Å²) in [5.41, 5.74) is 5.26. The van der Waals surface area contributed by atoms with Gasteiger partial charge in [-0.2, -0.15) is 0 Å². The second kappa shape index (κ2) is 4.65. The number of aliphatic imine (C=N–C) groups is 1. The number of nitrogens with zero attached hydrogens (tertiary/aromatic N) is 1. The zero-order valence-corrected chi connectivity index (χ0v) is 10.3. The molecule has 0 amide bonds. The Balaban J connectivity index is 3.28. The molecule has 2 heteroatoms. The second-order valence-electron chi connectivity index (χ2n) is 3.48. The number of aryl methyl sites for hydroxylation is 3. The van der Waals surface area contributed by atoms with Gasteiger partial charge in [0.2, 0.25) is 0 Å². The van der Waals surface area contributed by atoms with Crippen LogP contribution < -0.4 is 0 Å². The van der Waals surface area contributed by atoms with Gasteiger partial charge in [0.05, 0.1) is 5.04 Å². The van der Waals surface area contributed by atoms with Crippen LogP contribution in [0.3, 0.4) is 0 Å². The molecule has 0 spiro atoms. The monoisotopic (exact) mass is 207 g/mol. The third-order valence-electron chi connectivity index (χ3n) is 2.47. The van der Waals surface area contributed by atoms with Gasteiger partial charge >= 0.3 is 0 Å². The van der Waals surface area contributed by atoms with Crippen molar-refractivity contribution in [3.8, 4) is 0 Å². The predicted molar refractivity (Wildman–Crippen MR) is 66.6 cm³/mol. The summed E-state index contributed by atoms with van der Waals surface area (Å²) < 4.78 is 0. The van der Waals surface area contributed by atoms with Crippen molar-refractivity contribution in [3.63, 3.8) is 0 Å². The molecular weight excluding hydrogens is 190 g/mol. The summed E-state index contributed by atoms with van der Waals surface area (Å²) in [7, 11) is 1.85. The standard InChI is InChI=1S/C12H17NS/c1-8-6-10(3)11(7-9(8)2)12(13-4)14-5/h6-7H,1-5H3. The Bertz CT molecular complexity index is 367. The summed E-state index contributed by atoms with van der Waals surface area (Å²) >= 11 is 1.70. The molecule has 0 aliphatic heterocycles. The highest BCUT2D eigenvalue weighted by atomic mass is 32.2. The molecule has 1 rings (SSSR count). The van der Waals surface area contributed by atoms with E-state index >= 15 is 0 Å². The first kappa shape index (κ1) is 11.3. The molecule has 0 fully saturated rings. The maximum Gasteiger partial charge on any atom is 0.0973 e. The van der Waals surface area contributed by atoms with Gasteiger partial charge in [0, 0.05) is 12.6 Å². The number of hydrogen-bond donors (Lipinski definition) is 0. The van der Waals surface area contributed by atoms with Crippen LogP contribution in [0.25, 0.3) is 0 Å². The molecule has 0 unspecified atom stereocenters. The topological polar surface area (TPSA) is 12.4 Å². The number of rotatable bonds is 1. The lowest BCUT2D eigenvalue weighted by atomic mass is 10.0. The fourth-order valence-electron chi connectivity index (χ4n) is 1.51. The first-order chi connectivity index (χ1) is 6.60. The van der Waals surface area contributed by atoms with E-state index in [9.17, 15) is 0 Å². The van der Waals surface area contributed by atoms with Crippen molar-refractivity contribution >= 4 is 16.8 Å². The molecule has 0 saturated heterocycles. The van der Waals surface area contributed by atoms with Crippen LogP contribution in [0.1, 0.15) is 22.3 Å². The predicted octanol–water partition coefficient (Wildman–Crippen LogP) is 3.35. The molecule has 76 valence electrons. The van der Waals surface area contributed by atoms with Gasteiger partial charge in [0.1, 0.15) is 0 Å². The van der Waals surface area contributed by atoms with Crippen LogP contribution in [-0.4, -0.2) is 18.3 Å². The van der Waals surface area contributed by atoms with Crippen molar-refractivity contribution in [2.75, 3.05) is 13.3 Å². The van der Waals surface area contributed by atoms with E-state index in [1.54, 1.807) is 11.8 Å². The van der Waals surface area contributed by atoms with Gasteiger partial charge in [-0.3, -0.25) is 4.99 Å². The molecule has 0 saturated carbocycles. The molecule has 0 N–H and O–H groups in total. The van der Waals surface area contributed by atoms with Gasteiger partial charge in [-0.1, -0.05) is 6.07 Å². The van der Waals surface area contributed by atoms with E-state index in [1.807, 2.05) is 7.05 Å². The van der Waals surface area contributed by atoms with Gasteiger partial charge in [0.25, 0.3) is 0 Å². The highest BCUT2D eigenvalue weighted by Gasteiger charge is 2.06. The summed E-state index contributed by atoms with van der Waals surface area (Å²) in [5.74, 6) is 0. The lowest BCUT2D eigenvalue weighted by Gasteiger charge is -2.10. The van der Waals surface area contributed by atoms with Crippen molar-refractivity contribution in [1.82, 2.24) is 0 Å². The molecule has 0 radical (unpaired) electrons. The van der Waals surface area contributed by atoms with Gasteiger partial charge in [-0.25, -0.2) is 0 Å². The summed E-state index contributed by atoms with van der Waals surface area (Å²) in [4.78, 5) is 4.29. The van der Waals surface area contributed by atoms with Crippen LogP contribution in [0, 0.1) is 20.8 Å². The van der Waals surface area contributed by atoms with Gasteiger partial charge in [0.15, 0.2) is 0 Å². The van der Waals surface area contributed by atoms with Crippen LogP contribution in [0.15, 0.2) is 17.1 Å². The molecular formula is C12H17NS. The Labute approximate surface area is 90.6 Å². The molecule has 0 aliphatic rings. The quantitative estimate of drug-likeness (QED) is 0.508. The molecule has 0 bridgehead atoms. The van der Waals surface area contributed by atoms with Crippen LogP contribution >= 0.6 is 11.8 Å². The van der Waals surface area contributed by atoms with Gasteiger partial charge < -0.3 is 0 Å². The minimum absolute atomic E-state index is 1.12. The van der Waals surface area contributed by atoms with E-state index in [0.29, 0.717) is 0 Å². The second-order valence-corrected chi connectivity index (χ2v) is 4.28. The maximum atomic E-state index is 4.29. The SMILES string of the molecule is CN=C(SC)c1cc(C)c(C)cc1C. The van der Waals surface area contributed by atoms with Crippen LogP contribution in [0.4, 0.5) is 0 Å². The van der Waals surface area contributed by atoms with E-state index in [4.69, 9.17) is 0 Å². The molecule has 1 aromatic rings. The number of benzene rings is 1. The first-order valence-corrected chi connectivity index (χ1v) is 5.91. The Morgan fingerprint density at radius 3 is 2.14 bits per heavy atom. The van der Waals surface area contributed by atoms with Crippen molar-refractivity contribution in [1.29, 1.82) is 0 Å². The number of thioether (sulfide) groups is 1. The van der Waals surface area contributed by atoms with Crippen LogP contribution in [0.2, 0.25) is 0 Å². The van der Waals surface area contributed by atoms with Crippen LogP contribution in [0.5, 0.6) is 0 Å². The first-order valence-electron chi connectivity index (χ1n) is 4.69. The lowest BCUT2D eigenvalue weighted by molar-refractivity contribution is 1.28. The van der Waals surface area contributed by atoms with Crippen LogP contribution in [-0.2, 0) is 0 Å². The van der Waals surface area contributed by atoms with Crippen molar-refractivity contribution in [2.45, 2.75) is 20.8 Å². The Hall–Kier alpha value is -0.760. The fraction of sp³-hybridized carbons (Fsp3) is 0.417. The van der Waals surface area contributed by atoms with Gasteiger partial charge in [-0.15, -0.1) is 11.8 Å². The Morgan fingerprint density at radius 1 is 1.07 bits per heavy atom. The van der Waals surface area contributed by atoms with E-state index in [-0.39, 0.29) is 0 Å². The zero-order chi connectivity index (χ0) is 10.7. The van der Waals surface area contributed by atoms with E-state index < -0.39 is 0 Å². The van der Waals surface area contributed by atoms with Crippen molar-refractivity contribution in [2.24, 2.45) is 4.99 Å². The summed E-state index contributed by atoms with van der Waals surface area (Å²) in [6.07, 6.45) is 2.07. The summed E-state index contributed by atoms with van der Waals surface area (Å²) in [6.45, 7) is 6.43. The maximum absolute atomic E-state index is 4.29. The highest BCUT2D eigenvalue weighted by molar-refractivity contribution is 8.13. The minimum atomic E-state index is 1.12. The van der Waals surface area contributed by atoms with Crippen molar-refractivity contribution < 1.29 is 0 Å².